The fourth-order valence-corrected chi connectivity index (χ4v) is 3.06. The number of aryl methyl sites for hydroxylation is 2. The quantitative estimate of drug-likeness (QED) is 0.590. The predicted octanol–water partition coefficient (Wildman–Crippen LogP) is 2.99. The number of piperidine rings is 1. The van der Waals surface area contributed by atoms with Gasteiger partial charge in [0, 0.05) is 26.2 Å². The summed E-state index contributed by atoms with van der Waals surface area (Å²) in [5.74, 6) is 2.52. The molecule has 2 rings (SSSR count). The molecule has 8 nitrogen and oxygen atoms in total. The van der Waals surface area contributed by atoms with Gasteiger partial charge in [-0.25, -0.2) is 14.8 Å². The van der Waals surface area contributed by atoms with Crippen LogP contribution in [-0.2, 0) is 11.3 Å². The number of rotatable bonds is 5. The highest BCUT2D eigenvalue weighted by Gasteiger charge is 2.27. The summed E-state index contributed by atoms with van der Waals surface area (Å²) in [5, 5.41) is 6.62. The van der Waals surface area contributed by atoms with Crippen LogP contribution in [0.1, 0.15) is 57.9 Å². The Morgan fingerprint density at radius 1 is 1.36 bits per heavy atom. The molecular formula is C20H35N5O3. The minimum atomic E-state index is -0.469. The summed E-state index contributed by atoms with van der Waals surface area (Å²) in [4.78, 5) is 23.0. The lowest BCUT2D eigenvalue weighted by Crippen LogP contribution is -2.47. The van der Waals surface area contributed by atoms with Gasteiger partial charge in [0.05, 0.1) is 5.69 Å². The molecule has 1 aliphatic heterocycles. The maximum Gasteiger partial charge on any atom is 0.410 e. The second-order valence-electron chi connectivity index (χ2n) is 8.26. The van der Waals surface area contributed by atoms with E-state index in [0.29, 0.717) is 24.9 Å². The molecular weight excluding hydrogens is 358 g/mol. The number of nitrogens with one attached hydrogen (secondary N) is 2. The van der Waals surface area contributed by atoms with Crippen LogP contribution >= 0.6 is 0 Å². The maximum absolute atomic E-state index is 12.3. The number of hydrogen-bond donors (Lipinski definition) is 2. The summed E-state index contributed by atoms with van der Waals surface area (Å²) >= 11 is 0. The summed E-state index contributed by atoms with van der Waals surface area (Å²) in [6, 6.07) is 0. The van der Waals surface area contributed by atoms with Gasteiger partial charge in [0.1, 0.15) is 17.9 Å². The van der Waals surface area contributed by atoms with Crippen molar-refractivity contribution in [2.24, 2.45) is 10.9 Å². The van der Waals surface area contributed by atoms with E-state index in [1.54, 1.807) is 0 Å². The van der Waals surface area contributed by atoms with Gasteiger partial charge in [-0.2, -0.15) is 0 Å². The largest absolute Gasteiger partial charge is 0.444 e. The zero-order valence-corrected chi connectivity index (χ0v) is 18.1. The molecule has 0 aromatic carbocycles. The molecule has 0 bridgehead atoms. The number of carbonyl (C=O) groups is 1. The zero-order valence-electron chi connectivity index (χ0n) is 18.1. The van der Waals surface area contributed by atoms with Crippen molar-refractivity contribution in [3.8, 4) is 0 Å². The maximum atomic E-state index is 12.3. The molecule has 158 valence electrons. The van der Waals surface area contributed by atoms with Gasteiger partial charge < -0.3 is 24.7 Å². The molecule has 0 saturated carbocycles. The van der Waals surface area contributed by atoms with E-state index in [1.807, 2.05) is 46.4 Å². The zero-order chi connectivity index (χ0) is 20.7. The van der Waals surface area contributed by atoms with Gasteiger partial charge in [0.15, 0.2) is 5.96 Å². The molecule has 1 amide bonds. The van der Waals surface area contributed by atoms with E-state index >= 15 is 0 Å². The van der Waals surface area contributed by atoms with Crippen LogP contribution in [0.3, 0.4) is 0 Å². The lowest BCUT2D eigenvalue weighted by atomic mass is 9.98. The van der Waals surface area contributed by atoms with Crippen molar-refractivity contribution in [1.82, 2.24) is 20.5 Å². The van der Waals surface area contributed by atoms with Crippen molar-refractivity contribution in [2.45, 2.75) is 66.5 Å². The first-order valence-electron chi connectivity index (χ1n) is 10.1. The van der Waals surface area contributed by atoms with Gasteiger partial charge in [0.2, 0.25) is 5.89 Å². The highest BCUT2D eigenvalue weighted by atomic mass is 16.6. The Balaban J connectivity index is 1.87. The molecule has 1 aliphatic rings. The Hall–Kier alpha value is -2.25. The fraction of sp³-hybridized carbons (Fsp3) is 0.750. The standard InChI is InChI=1S/C20H35N5O3/c1-7-21-18(23-12-17-24-14(2)15(3)27-17)22-11-16-9-8-10-25(13-16)19(26)28-20(4,5)6/h16H,7-13H2,1-6H3,(H2,21,22,23). The molecule has 1 aromatic heterocycles. The van der Waals surface area contributed by atoms with Gasteiger partial charge in [-0.05, 0) is 60.3 Å². The van der Waals surface area contributed by atoms with E-state index in [1.165, 1.54) is 0 Å². The number of guanidine groups is 1. The number of ether oxygens (including phenoxy) is 1. The number of hydrogen-bond acceptors (Lipinski definition) is 5. The molecule has 0 aliphatic carbocycles. The van der Waals surface area contributed by atoms with Crippen molar-refractivity contribution in [3.05, 3.63) is 17.3 Å². The molecule has 0 spiro atoms. The molecule has 8 heteroatoms. The first-order chi connectivity index (χ1) is 13.2. The van der Waals surface area contributed by atoms with Crippen molar-refractivity contribution in [2.75, 3.05) is 26.2 Å². The molecule has 2 N–H and O–H groups in total. The minimum Gasteiger partial charge on any atom is -0.444 e. The average Bonchev–Trinajstić information content (AvgIpc) is 2.94. The fourth-order valence-electron chi connectivity index (χ4n) is 3.06. The van der Waals surface area contributed by atoms with Gasteiger partial charge in [-0.15, -0.1) is 0 Å². The smallest absolute Gasteiger partial charge is 0.410 e. The van der Waals surface area contributed by atoms with Crippen molar-refractivity contribution in [3.63, 3.8) is 0 Å². The molecule has 1 aromatic rings. The van der Waals surface area contributed by atoms with E-state index in [9.17, 15) is 4.79 Å². The Labute approximate surface area is 168 Å². The van der Waals surface area contributed by atoms with Crippen LogP contribution in [0.2, 0.25) is 0 Å². The summed E-state index contributed by atoms with van der Waals surface area (Å²) in [5.41, 5.74) is 0.427. The van der Waals surface area contributed by atoms with Crippen LogP contribution in [0.4, 0.5) is 4.79 Å². The molecule has 1 saturated heterocycles. The third-order valence-corrected chi connectivity index (χ3v) is 4.52. The monoisotopic (exact) mass is 393 g/mol. The van der Waals surface area contributed by atoms with Crippen LogP contribution in [0.5, 0.6) is 0 Å². The van der Waals surface area contributed by atoms with Crippen LogP contribution in [0.25, 0.3) is 0 Å². The van der Waals surface area contributed by atoms with E-state index in [2.05, 4.69) is 20.6 Å². The molecule has 28 heavy (non-hydrogen) atoms. The summed E-state index contributed by atoms with van der Waals surface area (Å²) in [6.45, 7) is 14.9. The number of nitrogens with zero attached hydrogens (tertiary/aromatic N) is 3. The highest BCUT2D eigenvalue weighted by molar-refractivity contribution is 5.79. The van der Waals surface area contributed by atoms with Crippen molar-refractivity contribution >= 4 is 12.1 Å². The van der Waals surface area contributed by atoms with Crippen molar-refractivity contribution < 1.29 is 13.9 Å². The minimum absolute atomic E-state index is 0.229. The van der Waals surface area contributed by atoms with Gasteiger partial charge >= 0.3 is 6.09 Å². The normalized spacial score (nSPS) is 18.1. The van der Waals surface area contributed by atoms with Crippen LogP contribution in [0, 0.1) is 19.8 Å². The van der Waals surface area contributed by atoms with Gasteiger partial charge in [0.25, 0.3) is 0 Å². The molecule has 1 unspecified atom stereocenters. The van der Waals surface area contributed by atoms with Gasteiger partial charge in [-0.1, -0.05) is 0 Å². The summed E-state index contributed by atoms with van der Waals surface area (Å²) < 4.78 is 11.1. The Morgan fingerprint density at radius 2 is 2.11 bits per heavy atom. The third kappa shape index (κ3) is 7.05. The van der Waals surface area contributed by atoms with E-state index in [-0.39, 0.29) is 6.09 Å². The number of amides is 1. The Bertz CT molecular complexity index is 658. The second-order valence-corrected chi connectivity index (χ2v) is 8.26. The second kappa shape index (κ2) is 9.80. The number of aliphatic imine (C=N–C) groups is 1. The highest BCUT2D eigenvalue weighted by Crippen LogP contribution is 2.19. The number of likely N-dealkylation sites (tertiary alicyclic amines) is 1. The van der Waals surface area contributed by atoms with E-state index < -0.39 is 5.60 Å². The molecule has 1 fully saturated rings. The van der Waals surface area contributed by atoms with Crippen molar-refractivity contribution in [1.29, 1.82) is 0 Å². The van der Waals surface area contributed by atoms with Crippen LogP contribution in [0.15, 0.2) is 9.41 Å². The topological polar surface area (TPSA) is 92.0 Å². The molecule has 0 radical (unpaired) electrons. The predicted molar refractivity (Wildman–Crippen MR) is 109 cm³/mol. The SMILES string of the molecule is CCNC(=NCc1nc(C)c(C)o1)NCC1CCCN(C(=O)OC(C)(C)C)C1. The first-order valence-corrected chi connectivity index (χ1v) is 10.1. The summed E-state index contributed by atoms with van der Waals surface area (Å²) in [7, 11) is 0. The number of aromatic nitrogens is 1. The average molecular weight is 394 g/mol. The number of carbonyl (C=O) groups excluding carboxylic acids is 1. The van der Waals surface area contributed by atoms with E-state index in [0.717, 1.165) is 49.9 Å². The van der Waals surface area contributed by atoms with Crippen LogP contribution in [-0.4, -0.2) is 53.7 Å². The summed E-state index contributed by atoms with van der Waals surface area (Å²) in [6.07, 6.45) is 1.82. The third-order valence-electron chi connectivity index (χ3n) is 4.52. The lowest BCUT2D eigenvalue weighted by molar-refractivity contribution is 0.0168. The Morgan fingerprint density at radius 3 is 2.71 bits per heavy atom. The van der Waals surface area contributed by atoms with Crippen LogP contribution < -0.4 is 10.6 Å². The number of oxazole rings is 1. The molecule has 2 heterocycles. The Kier molecular flexibility index (Phi) is 7.71. The first kappa shape index (κ1) is 22.0. The molecule has 1 atom stereocenters. The van der Waals surface area contributed by atoms with Gasteiger partial charge in [-0.3, -0.25) is 0 Å². The lowest BCUT2D eigenvalue weighted by Gasteiger charge is -2.34. The van der Waals surface area contributed by atoms with E-state index in [4.69, 9.17) is 9.15 Å².